The van der Waals surface area contributed by atoms with Gasteiger partial charge in [-0.3, -0.25) is 4.79 Å². The van der Waals surface area contributed by atoms with Crippen molar-refractivity contribution in [3.63, 3.8) is 0 Å². The SMILES string of the molecule is CN(C)C(=O)COc1ccc(CSc2nnc(-c3ccccc3)n2N)cc1. The van der Waals surface area contributed by atoms with Crippen molar-refractivity contribution in [3.05, 3.63) is 60.2 Å². The Hall–Kier alpha value is -3.00. The van der Waals surface area contributed by atoms with Gasteiger partial charge in [0.1, 0.15) is 5.75 Å². The van der Waals surface area contributed by atoms with E-state index in [2.05, 4.69) is 10.2 Å². The summed E-state index contributed by atoms with van der Waals surface area (Å²) in [5.41, 5.74) is 2.02. The normalized spacial score (nSPS) is 10.6. The summed E-state index contributed by atoms with van der Waals surface area (Å²) in [7, 11) is 3.40. The Kier molecular flexibility index (Phi) is 5.97. The van der Waals surface area contributed by atoms with Crippen LogP contribution in [-0.4, -0.2) is 46.4 Å². The number of amides is 1. The highest BCUT2D eigenvalue weighted by Gasteiger charge is 2.12. The molecule has 0 fully saturated rings. The molecule has 0 aliphatic rings. The summed E-state index contributed by atoms with van der Waals surface area (Å²) >= 11 is 1.51. The van der Waals surface area contributed by atoms with Crippen LogP contribution in [0.2, 0.25) is 0 Å². The van der Waals surface area contributed by atoms with Crippen LogP contribution in [0.25, 0.3) is 11.4 Å². The molecule has 0 radical (unpaired) electrons. The third-order valence-electron chi connectivity index (χ3n) is 3.85. The number of likely N-dealkylation sites (N-methyl/N-ethyl adjacent to an activating group) is 1. The van der Waals surface area contributed by atoms with Gasteiger partial charge in [-0.2, -0.15) is 0 Å². The molecule has 0 unspecified atom stereocenters. The van der Waals surface area contributed by atoms with E-state index in [4.69, 9.17) is 10.6 Å². The van der Waals surface area contributed by atoms with E-state index in [9.17, 15) is 4.79 Å². The second-order valence-corrected chi connectivity index (χ2v) is 6.99. The van der Waals surface area contributed by atoms with Crippen molar-refractivity contribution >= 4 is 17.7 Å². The molecule has 7 nitrogen and oxygen atoms in total. The Morgan fingerprint density at radius 1 is 1.11 bits per heavy atom. The highest BCUT2D eigenvalue weighted by molar-refractivity contribution is 7.98. The minimum Gasteiger partial charge on any atom is -0.484 e. The van der Waals surface area contributed by atoms with Gasteiger partial charge in [-0.15, -0.1) is 10.2 Å². The smallest absolute Gasteiger partial charge is 0.259 e. The Bertz CT molecular complexity index is 894. The van der Waals surface area contributed by atoms with Crippen molar-refractivity contribution in [2.45, 2.75) is 10.9 Å². The average molecular weight is 383 g/mol. The van der Waals surface area contributed by atoms with E-state index >= 15 is 0 Å². The molecule has 140 valence electrons. The Morgan fingerprint density at radius 3 is 2.48 bits per heavy atom. The molecule has 0 bridgehead atoms. The molecule has 0 spiro atoms. The van der Waals surface area contributed by atoms with E-state index in [1.165, 1.54) is 21.3 Å². The molecule has 0 aliphatic heterocycles. The van der Waals surface area contributed by atoms with E-state index < -0.39 is 0 Å². The van der Waals surface area contributed by atoms with Gasteiger partial charge in [-0.1, -0.05) is 54.2 Å². The first-order chi connectivity index (χ1) is 13.0. The quantitative estimate of drug-likeness (QED) is 0.498. The molecule has 1 aromatic heterocycles. The van der Waals surface area contributed by atoms with Crippen molar-refractivity contribution in [3.8, 4) is 17.1 Å². The zero-order valence-corrected chi connectivity index (χ0v) is 16.0. The van der Waals surface area contributed by atoms with Crippen molar-refractivity contribution in [1.29, 1.82) is 0 Å². The molecule has 8 heteroatoms. The first kappa shape index (κ1) is 18.8. The summed E-state index contributed by atoms with van der Waals surface area (Å²) in [6.45, 7) is 0.0274. The Labute approximate surface area is 162 Å². The standard InChI is InChI=1S/C19H21N5O2S/c1-23(2)17(25)12-26-16-10-8-14(9-11-16)13-27-19-22-21-18(24(19)20)15-6-4-3-5-7-15/h3-11H,12-13,20H2,1-2H3. The third-order valence-corrected chi connectivity index (χ3v) is 4.86. The van der Waals surface area contributed by atoms with E-state index in [1.807, 2.05) is 54.6 Å². The van der Waals surface area contributed by atoms with Crippen LogP contribution in [0.3, 0.4) is 0 Å². The maximum absolute atomic E-state index is 11.5. The van der Waals surface area contributed by atoms with Gasteiger partial charge < -0.3 is 15.5 Å². The number of nitrogens with zero attached hydrogens (tertiary/aromatic N) is 4. The molecule has 3 rings (SSSR count). The van der Waals surface area contributed by atoms with Gasteiger partial charge in [-0.25, -0.2) is 4.68 Å². The van der Waals surface area contributed by atoms with E-state index in [0.29, 0.717) is 22.5 Å². The molecule has 2 aromatic carbocycles. The fraction of sp³-hybridized carbons (Fsp3) is 0.211. The van der Waals surface area contributed by atoms with Crippen LogP contribution in [0.1, 0.15) is 5.56 Å². The second-order valence-electron chi connectivity index (χ2n) is 6.05. The van der Waals surface area contributed by atoms with Crippen LogP contribution in [0, 0.1) is 0 Å². The monoisotopic (exact) mass is 383 g/mol. The summed E-state index contributed by atoms with van der Waals surface area (Å²) in [6, 6.07) is 17.3. The zero-order chi connectivity index (χ0) is 19.2. The lowest BCUT2D eigenvalue weighted by atomic mass is 10.2. The van der Waals surface area contributed by atoms with Crippen LogP contribution in [0.4, 0.5) is 0 Å². The molecule has 3 aromatic rings. The lowest BCUT2D eigenvalue weighted by Crippen LogP contribution is -2.27. The number of hydrogen-bond donors (Lipinski definition) is 1. The first-order valence-electron chi connectivity index (χ1n) is 8.35. The van der Waals surface area contributed by atoms with Gasteiger partial charge in [0.05, 0.1) is 0 Å². The summed E-state index contributed by atoms with van der Waals surface area (Å²) in [4.78, 5) is 13.0. The number of nitrogen functional groups attached to an aromatic ring is 1. The molecule has 1 amide bonds. The predicted octanol–water partition coefficient (Wildman–Crippen LogP) is 2.42. The predicted molar refractivity (Wildman–Crippen MR) is 106 cm³/mol. The van der Waals surface area contributed by atoms with Crippen molar-refractivity contribution in [2.24, 2.45) is 0 Å². The Balaban J connectivity index is 1.58. The minimum atomic E-state index is -0.0777. The van der Waals surface area contributed by atoms with Gasteiger partial charge in [-0.05, 0) is 17.7 Å². The van der Waals surface area contributed by atoms with Crippen LogP contribution in [0.5, 0.6) is 5.75 Å². The molecule has 0 aliphatic carbocycles. The lowest BCUT2D eigenvalue weighted by molar-refractivity contribution is -0.130. The number of thioether (sulfide) groups is 1. The molecule has 0 saturated heterocycles. The topological polar surface area (TPSA) is 86.3 Å². The number of ether oxygens (including phenoxy) is 1. The number of hydrogen-bond acceptors (Lipinski definition) is 6. The van der Waals surface area contributed by atoms with E-state index in [0.717, 1.165) is 11.1 Å². The molecule has 27 heavy (non-hydrogen) atoms. The number of rotatable bonds is 7. The summed E-state index contributed by atoms with van der Waals surface area (Å²) in [5, 5.41) is 9.00. The first-order valence-corrected chi connectivity index (χ1v) is 9.34. The average Bonchev–Trinajstić information content (AvgIpc) is 3.06. The van der Waals surface area contributed by atoms with Gasteiger partial charge >= 0.3 is 0 Å². The fourth-order valence-corrected chi connectivity index (χ4v) is 3.08. The zero-order valence-electron chi connectivity index (χ0n) is 15.2. The molecular weight excluding hydrogens is 362 g/mol. The number of benzene rings is 2. The van der Waals surface area contributed by atoms with Crippen LogP contribution in [0.15, 0.2) is 59.8 Å². The van der Waals surface area contributed by atoms with Gasteiger partial charge in [0.2, 0.25) is 5.16 Å². The second kappa shape index (κ2) is 8.59. The lowest BCUT2D eigenvalue weighted by Gasteiger charge is -2.11. The highest BCUT2D eigenvalue weighted by atomic mass is 32.2. The largest absolute Gasteiger partial charge is 0.484 e. The van der Waals surface area contributed by atoms with Crippen LogP contribution >= 0.6 is 11.8 Å². The number of carbonyl (C=O) groups is 1. The summed E-state index contributed by atoms with van der Waals surface area (Å²) < 4.78 is 6.98. The van der Waals surface area contributed by atoms with Crippen molar-refractivity contribution < 1.29 is 9.53 Å². The maximum atomic E-state index is 11.5. The minimum absolute atomic E-state index is 0.0274. The molecule has 0 atom stereocenters. The maximum Gasteiger partial charge on any atom is 0.259 e. The number of nitrogens with two attached hydrogens (primary N) is 1. The highest BCUT2D eigenvalue weighted by Crippen LogP contribution is 2.25. The number of carbonyl (C=O) groups excluding carboxylic acids is 1. The van der Waals surface area contributed by atoms with E-state index in [1.54, 1.807) is 14.1 Å². The van der Waals surface area contributed by atoms with Crippen molar-refractivity contribution in [2.75, 3.05) is 26.5 Å². The number of aromatic nitrogens is 3. The molecule has 2 N–H and O–H groups in total. The van der Waals surface area contributed by atoms with Gasteiger partial charge in [0, 0.05) is 25.4 Å². The van der Waals surface area contributed by atoms with Crippen LogP contribution in [-0.2, 0) is 10.5 Å². The van der Waals surface area contributed by atoms with Gasteiger partial charge in [0.25, 0.3) is 5.91 Å². The Morgan fingerprint density at radius 2 is 1.81 bits per heavy atom. The molecule has 1 heterocycles. The summed E-state index contributed by atoms with van der Waals surface area (Å²) in [5.74, 6) is 8.04. The van der Waals surface area contributed by atoms with Crippen LogP contribution < -0.4 is 10.6 Å². The van der Waals surface area contributed by atoms with E-state index in [-0.39, 0.29) is 12.5 Å². The van der Waals surface area contributed by atoms with Gasteiger partial charge in [0.15, 0.2) is 12.4 Å². The molecular formula is C19H21N5O2S. The third kappa shape index (κ3) is 4.79. The fourth-order valence-electron chi connectivity index (χ4n) is 2.26. The van der Waals surface area contributed by atoms with Crippen molar-refractivity contribution in [1.82, 2.24) is 19.8 Å². The molecule has 0 saturated carbocycles. The summed E-state index contributed by atoms with van der Waals surface area (Å²) in [6.07, 6.45) is 0.